The van der Waals surface area contributed by atoms with Crippen molar-refractivity contribution in [2.24, 2.45) is 11.8 Å². The summed E-state index contributed by atoms with van der Waals surface area (Å²) in [4.78, 5) is 0. The second-order valence-corrected chi connectivity index (χ2v) is 9.85. The van der Waals surface area contributed by atoms with E-state index in [9.17, 15) is 5.11 Å². The number of unbranched alkanes of at least 4 members (excludes halogenated alkanes) is 5. The summed E-state index contributed by atoms with van der Waals surface area (Å²) < 4.78 is 32.0. The summed E-state index contributed by atoms with van der Waals surface area (Å²) in [7, 11) is 0. The Hall–Kier alpha value is -0.660. The van der Waals surface area contributed by atoms with Crippen molar-refractivity contribution in [2.75, 3.05) is 39.6 Å². The highest BCUT2D eigenvalue weighted by Gasteiger charge is 2.57. The van der Waals surface area contributed by atoms with Crippen molar-refractivity contribution in [3.8, 4) is 0 Å². The minimum absolute atomic E-state index is 0.109. The van der Waals surface area contributed by atoms with Gasteiger partial charge in [0.05, 0.1) is 42.7 Å². The zero-order valence-electron chi connectivity index (χ0n) is 23.5. The van der Waals surface area contributed by atoms with Crippen molar-refractivity contribution < 1.29 is 28.8 Å². The fraction of sp³-hybridized carbons (Fsp3) is 0.931. The fourth-order valence-electron chi connectivity index (χ4n) is 4.64. The van der Waals surface area contributed by atoms with Crippen LogP contribution in [0.3, 0.4) is 0 Å². The lowest BCUT2D eigenvalue weighted by Gasteiger charge is -2.33. The van der Waals surface area contributed by atoms with Crippen LogP contribution in [0, 0.1) is 11.8 Å². The Balaban J connectivity index is 3.31. The number of aliphatic hydroxyl groups is 1. The van der Waals surface area contributed by atoms with E-state index in [-0.39, 0.29) is 42.0 Å². The molecule has 1 saturated carbocycles. The summed E-state index contributed by atoms with van der Waals surface area (Å²) in [5, 5.41) is 10.8. The average Bonchev–Trinajstić information content (AvgIpc) is 3.14. The smallest absolute Gasteiger partial charge is 0.0964 e. The van der Waals surface area contributed by atoms with Crippen LogP contribution in [0.5, 0.6) is 0 Å². The van der Waals surface area contributed by atoms with Gasteiger partial charge in [-0.2, -0.15) is 0 Å². The molecular formula is C29H56O6. The average molecular weight is 501 g/mol. The Bertz CT molecular complexity index is 513. The maximum absolute atomic E-state index is 10.8. The van der Waals surface area contributed by atoms with E-state index in [0.717, 1.165) is 64.2 Å². The summed E-state index contributed by atoms with van der Waals surface area (Å²) in [6, 6.07) is 0. The van der Waals surface area contributed by atoms with Gasteiger partial charge in [-0.05, 0) is 32.1 Å². The van der Waals surface area contributed by atoms with Gasteiger partial charge in [0.25, 0.3) is 0 Å². The predicted molar refractivity (Wildman–Crippen MR) is 143 cm³/mol. The molecule has 208 valence electrons. The molecule has 0 spiro atoms. The van der Waals surface area contributed by atoms with Gasteiger partial charge in [0.15, 0.2) is 0 Å². The number of hydrogen-bond acceptors (Lipinski definition) is 6. The summed E-state index contributed by atoms with van der Waals surface area (Å²) in [6.07, 6.45) is 9.18. The van der Waals surface area contributed by atoms with Gasteiger partial charge in [0.2, 0.25) is 0 Å². The van der Waals surface area contributed by atoms with Gasteiger partial charge < -0.3 is 28.8 Å². The number of hydrogen-bond donors (Lipinski definition) is 1. The Morgan fingerprint density at radius 3 is 1.63 bits per heavy atom. The number of rotatable bonds is 23. The van der Waals surface area contributed by atoms with Crippen LogP contribution in [-0.2, 0) is 23.7 Å². The first kappa shape index (κ1) is 32.4. The standard InChI is InChI=1S/C29H56O6/c1-7-12-17-31-22-24(32-18-13-8-2)26-27(33-19-14-9-3)25(23(6)30)28(34-20-15-10-4)29(26)35-21-16-11-5/h24-30H,6-22H2,1-5H3/t24-,25?,26?,27?,28?,29-/m1/s1. The van der Waals surface area contributed by atoms with Crippen molar-refractivity contribution in [3.63, 3.8) is 0 Å². The maximum Gasteiger partial charge on any atom is 0.0964 e. The Morgan fingerprint density at radius 2 is 1.11 bits per heavy atom. The van der Waals surface area contributed by atoms with Crippen LogP contribution in [0.1, 0.15) is 98.8 Å². The second-order valence-electron chi connectivity index (χ2n) is 9.85. The lowest BCUT2D eigenvalue weighted by atomic mass is 9.93. The minimum Gasteiger partial charge on any atom is -0.512 e. The summed E-state index contributed by atoms with van der Waals surface area (Å²) >= 11 is 0. The summed E-state index contributed by atoms with van der Waals surface area (Å²) in [5.41, 5.74) is 0. The van der Waals surface area contributed by atoms with Crippen LogP contribution in [0.2, 0.25) is 0 Å². The molecule has 0 aliphatic heterocycles. The van der Waals surface area contributed by atoms with Crippen LogP contribution in [0.25, 0.3) is 0 Å². The van der Waals surface area contributed by atoms with Gasteiger partial charge in [-0.3, -0.25) is 0 Å². The first-order valence-electron chi connectivity index (χ1n) is 14.5. The van der Waals surface area contributed by atoms with E-state index in [4.69, 9.17) is 23.7 Å². The highest BCUT2D eigenvalue weighted by Crippen LogP contribution is 2.44. The maximum atomic E-state index is 10.8. The van der Waals surface area contributed by atoms with Crippen molar-refractivity contribution >= 4 is 0 Å². The fourth-order valence-corrected chi connectivity index (χ4v) is 4.64. The molecule has 0 saturated heterocycles. The highest BCUT2D eigenvalue weighted by molar-refractivity contribution is 5.12. The molecule has 0 amide bonds. The van der Waals surface area contributed by atoms with Gasteiger partial charge in [0.1, 0.15) is 0 Å². The Morgan fingerprint density at radius 1 is 0.657 bits per heavy atom. The predicted octanol–water partition coefficient (Wildman–Crippen LogP) is 6.86. The molecule has 1 fully saturated rings. The highest BCUT2D eigenvalue weighted by atomic mass is 16.6. The van der Waals surface area contributed by atoms with Crippen LogP contribution < -0.4 is 0 Å². The third kappa shape index (κ3) is 11.5. The van der Waals surface area contributed by atoms with Crippen LogP contribution in [0.4, 0.5) is 0 Å². The largest absolute Gasteiger partial charge is 0.512 e. The molecule has 1 aliphatic rings. The summed E-state index contributed by atoms with van der Waals surface area (Å²) in [5.74, 6) is -0.352. The lowest BCUT2D eigenvalue weighted by Crippen LogP contribution is -2.44. The van der Waals surface area contributed by atoms with Crippen LogP contribution in [0.15, 0.2) is 12.3 Å². The van der Waals surface area contributed by atoms with Gasteiger partial charge in [-0.15, -0.1) is 0 Å². The van der Waals surface area contributed by atoms with E-state index in [1.807, 2.05) is 0 Å². The summed E-state index contributed by atoms with van der Waals surface area (Å²) in [6.45, 7) is 18.5. The second kappa shape index (κ2) is 20.4. The zero-order valence-corrected chi connectivity index (χ0v) is 23.5. The third-order valence-electron chi connectivity index (χ3n) is 6.78. The molecule has 4 unspecified atom stereocenters. The molecular weight excluding hydrogens is 444 g/mol. The number of aliphatic hydroxyl groups excluding tert-OH is 1. The van der Waals surface area contributed by atoms with Gasteiger partial charge in [-0.25, -0.2) is 0 Å². The number of ether oxygens (including phenoxy) is 5. The molecule has 0 bridgehead atoms. The molecule has 0 heterocycles. The molecule has 1 N–H and O–H groups in total. The van der Waals surface area contributed by atoms with Crippen molar-refractivity contribution in [1.82, 2.24) is 0 Å². The molecule has 6 heteroatoms. The van der Waals surface area contributed by atoms with E-state index < -0.39 is 0 Å². The van der Waals surface area contributed by atoms with E-state index in [1.54, 1.807) is 0 Å². The van der Waals surface area contributed by atoms with Crippen molar-refractivity contribution in [3.05, 3.63) is 12.3 Å². The van der Waals surface area contributed by atoms with Crippen LogP contribution >= 0.6 is 0 Å². The topological polar surface area (TPSA) is 66.4 Å². The van der Waals surface area contributed by atoms with Crippen LogP contribution in [-0.4, -0.2) is 69.2 Å². The molecule has 6 atom stereocenters. The minimum atomic E-state index is -0.353. The Kier molecular flexibility index (Phi) is 18.9. The molecule has 1 aliphatic carbocycles. The van der Waals surface area contributed by atoms with E-state index in [1.165, 1.54) is 0 Å². The third-order valence-corrected chi connectivity index (χ3v) is 6.78. The van der Waals surface area contributed by atoms with Gasteiger partial charge in [-0.1, -0.05) is 73.3 Å². The molecule has 35 heavy (non-hydrogen) atoms. The molecule has 6 nitrogen and oxygen atoms in total. The van der Waals surface area contributed by atoms with E-state index in [0.29, 0.717) is 39.6 Å². The van der Waals surface area contributed by atoms with Crippen molar-refractivity contribution in [2.45, 2.75) is 123 Å². The van der Waals surface area contributed by atoms with Gasteiger partial charge >= 0.3 is 0 Å². The van der Waals surface area contributed by atoms with Gasteiger partial charge in [0, 0.05) is 39.0 Å². The first-order valence-corrected chi connectivity index (χ1v) is 14.5. The molecule has 0 radical (unpaired) electrons. The molecule has 0 aromatic heterocycles. The molecule has 0 aromatic rings. The lowest BCUT2D eigenvalue weighted by molar-refractivity contribution is -0.135. The normalized spacial score (nSPS) is 25.2. The zero-order chi connectivity index (χ0) is 25.9. The molecule has 0 aromatic carbocycles. The van der Waals surface area contributed by atoms with E-state index >= 15 is 0 Å². The monoisotopic (exact) mass is 500 g/mol. The first-order chi connectivity index (χ1) is 17.1. The molecule has 1 rings (SSSR count). The Labute approximate surface area is 216 Å². The van der Waals surface area contributed by atoms with E-state index in [2.05, 4.69) is 41.2 Å². The SMILES string of the molecule is C=C(O)C1C(OCCCC)C([C@@H](COCCCC)OCCCC)[C@@H](OCCCC)C1OCCCC. The quantitative estimate of drug-likeness (QED) is 0.122. The van der Waals surface area contributed by atoms with Crippen molar-refractivity contribution in [1.29, 1.82) is 0 Å².